The van der Waals surface area contributed by atoms with Crippen LogP contribution < -0.4 is 0 Å². The number of hydrogen-bond acceptors (Lipinski definition) is 2. The van der Waals surface area contributed by atoms with E-state index in [-0.39, 0.29) is 0 Å². The van der Waals surface area contributed by atoms with E-state index in [4.69, 9.17) is 23.2 Å². The van der Waals surface area contributed by atoms with Crippen molar-refractivity contribution >= 4 is 34.2 Å². The molecular weight excluding hydrogens is 355 g/mol. The summed E-state index contributed by atoms with van der Waals surface area (Å²) in [6.07, 6.45) is 3.61. The van der Waals surface area contributed by atoms with Gasteiger partial charge in [-0.15, -0.1) is 0 Å². The minimum Gasteiger partial charge on any atom is -0.346 e. The SMILES string of the molecule is Cn1c(-c2ccnc3[nH]ccc23)cc(C#N)c1-c1ccc(Cl)cc1Cl. The Labute approximate surface area is 154 Å². The first kappa shape index (κ1) is 15.8. The molecule has 0 aliphatic rings. The summed E-state index contributed by atoms with van der Waals surface area (Å²) < 4.78 is 1.98. The molecule has 0 spiro atoms. The van der Waals surface area contributed by atoms with E-state index in [1.165, 1.54) is 0 Å². The predicted molar refractivity (Wildman–Crippen MR) is 101 cm³/mol. The lowest BCUT2D eigenvalue weighted by molar-refractivity contribution is 0.946. The minimum atomic E-state index is 0.512. The molecule has 0 atom stereocenters. The van der Waals surface area contributed by atoms with E-state index in [0.29, 0.717) is 15.6 Å². The van der Waals surface area contributed by atoms with E-state index in [1.54, 1.807) is 18.3 Å². The molecule has 1 N–H and O–H groups in total. The molecule has 4 aromatic rings. The average molecular weight is 367 g/mol. The molecule has 6 heteroatoms. The Balaban J connectivity index is 2.00. The fourth-order valence-corrected chi connectivity index (χ4v) is 3.64. The number of H-pyrrole nitrogens is 1. The largest absolute Gasteiger partial charge is 0.346 e. The number of aromatic amines is 1. The van der Waals surface area contributed by atoms with Gasteiger partial charge in [-0.25, -0.2) is 4.98 Å². The molecule has 0 fully saturated rings. The first-order valence-corrected chi connectivity index (χ1v) is 8.33. The van der Waals surface area contributed by atoms with Crippen molar-refractivity contribution in [3.63, 3.8) is 0 Å². The molecule has 0 aliphatic carbocycles. The normalized spacial score (nSPS) is 11.0. The zero-order chi connectivity index (χ0) is 17.6. The van der Waals surface area contributed by atoms with Crippen LogP contribution in [-0.2, 0) is 7.05 Å². The Bertz CT molecular complexity index is 1150. The second-order valence-corrected chi connectivity index (χ2v) is 6.53. The second-order valence-electron chi connectivity index (χ2n) is 5.69. The Morgan fingerprint density at radius 3 is 2.72 bits per heavy atom. The van der Waals surface area contributed by atoms with Gasteiger partial charge in [0.15, 0.2) is 0 Å². The summed E-state index contributed by atoms with van der Waals surface area (Å²) in [6, 6.07) is 13.4. The maximum Gasteiger partial charge on any atom is 0.137 e. The summed E-state index contributed by atoms with van der Waals surface area (Å²) in [6.45, 7) is 0. The zero-order valence-corrected chi connectivity index (χ0v) is 14.7. The van der Waals surface area contributed by atoms with Gasteiger partial charge in [-0.3, -0.25) is 0 Å². The number of rotatable bonds is 2. The van der Waals surface area contributed by atoms with E-state index in [0.717, 1.165) is 33.5 Å². The van der Waals surface area contributed by atoms with Gasteiger partial charge in [0.05, 0.1) is 22.0 Å². The molecule has 3 aromatic heterocycles. The number of hydrogen-bond donors (Lipinski definition) is 1. The molecule has 0 amide bonds. The van der Waals surface area contributed by atoms with E-state index in [9.17, 15) is 5.26 Å². The van der Waals surface area contributed by atoms with Gasteiger partial charge < -0.3 is 9.55 Å². The third kappa shape index (κ3) is 2.49. The van der Waals surface area contributed by atoms with Gasteiger partial charge in [0.1, 0.15) is 11.7 Å². The van der Waals surface area contributed by atoms with Gasteiger partial charge in [-0.05, 0) is 36.4 Å². The van der Waals surface area contributed by atoms with Crippen molar-refractivity contribution in [2.75, 3.05) is 0 Å². The third-order valence-corrected chi connectivity index (χ3v) is 4.82. The fraction of sp³-hybridized carbons (Fsp3) is 0.0526. The van der Waals surface area contributed by atoms with Crippen molar-refractivity contribution in [2.24, 2.45) is 7.05 Å². The maximum atomic E-state index is 9.63. The van der Waals surface area contributed by atoms with Crippen LogP contribution in [0.1, 0.15) is 5.56 Å². The Hall–Kier alpha value is -2.74. The number of halogens is 2. The molecule has 25 heavy (non-hydrogen) atoms. The first-order chi connectivity index (χ1) is 12.1. The number of nitrogens with one attached hydrogen (secondary N) is 1. The molecule has 4 nitrogen and oxygen atoms in total. The van der Waals surface area contributed by atoms with Crippen molar-refractivity contribution in [3.05, 3.63) is 64.4 Å². The molecule has 1 aromatic carbocycles. The van der Waals surface area contributed by atoms with Crippen molar-refractivity contribution in [3.8, 4) is 28.6 Å². The Morgan fingerprint density at radius 2 is 1.96 bits per heavy atom. The highest BCUT2D eigenvalue weighted by Crippen LogP contribution is 2.37. The van der Waals surface area contributed by atoms with E-state index >= 15 is 0 Å². The maximum absolute atomic E-state index is 9.63. The Kier molecular flexibility index (Phi) is 3.76. The molecule has 0 aliphatic heterocycles. The van der Waals surface area contributed by atoms with Crippen LogP contribution in [-0.4, -0.2) is 14.5 Å². The lowest BCUT2D eigenvalue weighted by atomic mass is 10.1. The van der Waals surface area contributed by atoms with Crippen LogP contribution in [0.15, 0.2) is 48.8 Å². The van der Waals surface area contributed by atoms with E-state index < -0.39 is 0 Å². The van der Waals surface area contributed by atoms with E-state index in [2.05, 4.69) is 16.0 Å². The summed E-state index contributed by atoms with van der Waals surface area (Å²) >= 11 is 12.4. The van der Waals surface area contributed by atoms with Gasteiger partial charge in [-0.2, -0.15) is 5.26 Å². The monoisotopic (exact) mass is 366 g/mol. The van der Waals surface area contributed by atoms with Crippen LogP contribution in [0, 0.1) is 11.3 Å². The standard InChI is InChI=1S/C19H12Cl2N4/c1-25-17(13-4-6-23-19-14(13)5-7-24-19)8-11(10-22)18(25)15-3-2-12(20)9-16(15)21/h2-9H,1H3,(H,23,24). The van der Waals surface area contributed by atoms with Crippen LogP contribution in [0.2, 0.25) is 10.0 Å². The van der Waals surface area contributed by atoms with Gasteiger partial charge in [0, 0.05) is 41.0 Å². The first-order valence-electron chi connectivity index (χ1n) is 7.58. The molecular formula is C19H12Cl2N4. The topological polar surface area (TPSA) is 57.4 Å². The highest BCUT2D eigenvalue weighted by atomic mass is 35.5. The number of pyridine rings is 1. The number of fused-ring (bicyclic) bond motifs is 1. The smallest absolute Gasteiger partial charge is 0.137 e. The van der Waals surface area contributed by atoms with Gasteiger partial charge in [0.25, 0.3) is 0 Å². The van der Waals surface area contributed by atoms with Crippen LogP contribution in [0.25, 0.3) is 33.5 Å². The van der Waals surface area contributed by atoms with Gasteiger partial charge in [0.2, 0.25) is 0 Å². The lowest BCUT2D eigenvalue weighted by Crippen LogP contribution is -1.96. The zero-order valence-electron chi connectivity index (χ0n) is 13.2. The number of aromatic nitrogens is 3. The molecule has 0 radical (unpaired) electrons. The number of nitrogens with zero attached hydrogens (tertiary/aromatic N) is 3. The van der Waals surface area contributed by atoms with Crippen molar-refractivity contribution in [1.29, 1.82) is 5.26 Å². The summed E-state index contributed by atoms with van der Waals surface area (Å²) in [5, 5.41) is 11.7. The molecule has 0 saturated heterocycles. The molecule has 4 rings (SSSR count). The predicted octanol–water partition coefficient (Wildman–Crippen LogP) is 5.41. The third-order valence-electron chi connectivity index (χ3n) is 4.28. The summed E-state index contributed by atoms with van der Waals surface area (Å²) in [4.78, 5) is 7.43. The van der Waals surface area contributed by atoms with Crippen LogP contribution in [0.5, 0.6) is 0 Å². The Morgan fingerprint density at radius 1 is 1.12 bits per heavy atom. The van der Waals surface area contributed by atoms with Crippen LogP contribution >= 0.6 is 23.2 Å². The van der Waals surface area contributed by atoms with E-state index in [1.807, 2.05) is 42.1 Å². The highest BCUT2D eigenvalue weighted by Gasteiger charge is 2.19. The molecule has 122 valence electrons. The van der Waals surface area contributed by atoms with Crippen molar-refractivity contribution < 1.29 is 0 Å². The summed E-state index contributed by atoms with van der Waals surface area (Å²) in [5.74, 6) is 0. The molecule has 3 heterocycles. The molecule has 0 saturated carbocycles. The molecule has 0 bridgehead atoms. The minimum absolute atomic E-state index is 0.512. The number of benzene rings is 1. The molecule has 0 unspecified atom stereocenters. The van der Waals surface area contributed by atoms with Crippen molar-refractivity contribution in [1.82, 2.24) is 14.5 Å². The number of nitriles is 1. The van der Waals surface area contributed by atoms with Crippen LogP contribution in [0.4, 0.5) is 0 Å². The van der Waals surface area contributed by atoms with Crippen molar-refractivity contribution in [2.45, 2.75) is 0 Å². The quantitative estimate of drug-likeness (QED) is 0.515. The summed E-state index contributed by atoms with van der Waals surface area (Å²) in [7, 11) is 1.93. The lowest BCUT2D eigenvalue weighted by Gasteiger charge is -2.11. The second kappa shape index (κ2) is 5.96. The highest BCUT2D eigenvalue weighted by molar-refractivity contribution is 6.36. The fourth-order valence-electron chi connectivity index (χ4n) is 3.14. The summed E-state index contributed by atoms with van der Waals surface area (Å²) in [5.41, 5.74) is 4.83. The average Bonchev–Trinajstić information content (AvgIpc) is 3.19. The van der Waals surface area contributed by atoms with Gasteiger partial charge in [-0.1, -0.05) is 23.2 Å². The van der Waals surface area contributed by atoms with Crippen LogP contribution in [0.3, 0.4) is 0 Å². The van der Waals surface area contributed by atoms with Gasteiger partial charge >= 0.3 is 0 Å².